The quantitative estimate of drug-likeness (QED) is 0.803. The van der Waals surface area contributed by atoms with Crippen LogP contribution in [0.25, 0.3) is 0 Å². The molecular formula is C13H22N2O4. The number of aliphatic carboxylic acids is 1. The van der Waals surface area contributed by atoms with Gasteiger partial charge in [0.1, 0.15) is 5.92 Å². The summed E-state index contributed by atoms with van der Waals surface area (Å²) >= 11 is 0. The average molecular weight is 270 g/mol. The zero-order valence-corrected chi connectivity index (χ0v) is 11.7. The molecule has 0 spiro atoms. The molecule has 0 aliphatic carbocycles. The lowest BCUT2D eigenvalue weighted by Crippen LogP contribution is -2.49. The van der Waals surface area contributed by atoms with Gasteiger partial charge in [-0.05, 0) is 11.8 Å². The van der Waals surface area contributed by atoms with Gasteiger partial charge in [0.2, 0.25) is 0 Å². The van der Waals surface area contributed by atoms with Crippen LogP contribution in [0.15, 0.2) is 0 Å². The van der Waals surface area contributed by atoms with Crippen molar-refractivity contribution in [2.24, 2.45) is 17.8 Å². The first kappa shape index (κ1) is 14.1. The van der Waals surface area contributed by atoms with Crippen LogP contribution >= 0.6 is 0 Å². The van der Waals surface area contributed by atoms with Crippen LogP contribution in [-0.4, -0.2) is 66.3 Å². The fraction of sp³-hybridized carbons (Fsp3) is 0.846. The van der Waals surface area contributed by atoms with Gasteiger partial charge in [0.15, 0.2) is 0 Å². The minimum atomic E-state index is -0.898. The number of carboxylic acid groups (broad SMARTS) is 1. The summed E-state index contributed by atoms with van der Waals surface area (Å²) in [6.07, 6.45) is 0. The summed E-state index contributed by atoms with van der Waals surface area (Å²) in [5, 5.41) is 9.13. The van der Waals surface area contributed by atoms with Crippen LogP contribution in [0.5, 0.6) is 0 Å². The monoisotopic (exact) mass is 270 g/mol. The number of urea groups is 1. The first-order chi connectivity index (χ1) is 8.91. The lowest BCUT2D eigenvalue weighted by Gasteiger charge is -2.30. The molecule has 108 valence electrons. The van der Waals surface area contributed by atoms with Crippen LogP contribution in [0.2, 0.25) is 0 Å². The third-order valence-electron chi connectivity index (χ3n) is 4.43. The number of ether oxygens (including phenoxy) is 1. The number of nitrogens with zero attached hydrogens (tertiary/aromatic N) is 2. The normalized spacial score (nSPS) is 34.6. The Balaban J connectivity index is 2.01. The van der Waals surface area contributed by atoms with E-state index in [1.54, 1.807) is 7.05 Å². The molecule has 2 saturated heterocycles. The van der Waals surface area contributed by atoms with Crippen molar-refractivity contribution in [1.29, 1.82) is 0 Å². The van der Waals surface area contributed by atoms with Crippen molar-refractivity contribution in [3.05, 3.63) is 0 Å². The summed E-state index contributed by atoms with van der Waals surface area (Å²) in [5.74, 6) is -0.531. The molecule has 6 nitrogen and oxygen atoms in total. The van der Waals surface area contributed by atoms with Crippen molar-refractivity contribution in [3.8, 4) is 0 Å². The Morgan fingerprint density at radius 1 is 1.21 bits per heavy atom. The van der Waals surface area contributed by atoms with E-state index in [0.29, 0.717) is 18.4 Å². The van der Waals surface area contributed by atoms with Crippen LogP contribution in [0.3, 0.4) is 0 Å². The van der Waals surface area contributed by atoms with Gasteiger partial charge in [0, 0.05) is 20.1 Å². The van der Waals surface area contributed by atoms with Crippen LogP contribution < -0.4 is 0 Å². The minimum Gasteiger partial charge on any atom is -0.481 e. The highest BCUT2D eigenvalue weighted by molar-refractivity contribution is 5.77. The van der Waals surface area contributed by atoms with Crippen molar-refractivity contribution in [1.82, 2.24) is 9.80 Å². The highest BCUT2D eigenvalue weighted by Crippen LogP contribution is 2.25. The highest BCUT2D eigenvalue weighted by Gasteiger charge is 2.41. The molecule has 6 heteroatoms. The summed E-state index contributed by atoms with van der Waals surface area (Å²) in [6, 6.07) is -0.450. The molecular weight excluding hydrogens is 248 g/mol. The first-order valence-corrected chi connectivity index (χ1v) is 6.74. The van der Waals surface area contributed by atoms with E-state index in [4.69, 9.17) is 9.84 Å². The van der Waals surface area contributed by atoms with Crippen LogP contribution in [0.4, 0.5) is 4.79 Å². The number of carbonyl (C=O) groups excluding carboxylic acids is 1. The van der Waals surface area contributed by atoms with E-state index < -0.39 is 11.9 Å². The van der Waals surface area contributed by atoms with E-state index in [0.717, 1.165) is 13.1 Å². The summed E-state index contributed by atoms with van der Waals surface area (Å²) in [5.41, 5.74) is 0. The van der Waals surface area contributed by atoms with Crippen LogP contribution in [0.1, 0.15) is 13.8 Å². The number of carboxylic acids is 1. The zero-order valence-electron chi connectivity index (χ0n) is 11.7. The number of rotatable bonds is 2. The SMILES string of the molecule is CC1CN(C(=O)N(C)C2COCC2C(=O)O)CC1C. The zero-order chi connectivity index (χ0) is 14.2. The number of likely N-dealkylation sites (tertiary alicyclic amines) is 1. The largest absolute Gasteiger partial charge is 0.481 e. The Morgan fingerprint density at radius 2 is 1.79 bits per heavy atom. The first-order valence-electron chi connectivity index (χ1n) is 6.74. The highest BCUT2D eigenvalue weighted by atomic mass is 16.5. The van der Waals surface area contributed by atoms with E-state index in [9.17, 15) is 9.59 Å². The molecule has 0 saturated carbocycles. The molecule has 2 fully saturated rings. The molecule has 4 atom stereocenters. The van der Waals surface area contributed by atoms with Crippen molar-refractivity contribution in [2.45, 2.75) is 19.9 Å². The number of hydrogen-bond donors (Lipinski definition) is 1. The maximum absolute atomic E-state index is 12.4. The smallest absolute Gasteiger partial charge is 0.320 e. The van der Waals surface area contributed by atoms with Crippen molar-refractivity contribution in [2.75, 3.05) is 33.4 Å². The second-order valence-corrected chi connectivity index (χ2v) is 5.80. The van der Waals surface area contributed by atoms with Gasteiger partial charge in [-0.2, -0.15) is 0 Å². The van der Waals surface area contributed by atoms with Crippen LogP contribution in [-0.2, 0) is 9.53 Å². The topological polar surface area (TPSA) is 70.1 Å². The van der Waals surface area contributed by atoms with E-state index in [1.807, 2.05) is 4.90 Å². The number of hydrogen-bond acceptors (Lipinski definition) is 3. The molecule has 2 aliphatic rings. The fourth-order valence-electron chi connectivity index (χ4n) is 2.81. The maximum atomic E-state index is 12.4. The third-order valence-corrected chi connectivity index (χ3v) is 4.43. The van der Waals surface area contributed by atoms with Gasteiger partial charge < -0.3 is 19.6 Å². The summed E-state index contributed by atoms with van der Waals surface area (Å²) in [6.45, 7) is 6.25. The number of likely N-dealkylation sites (N-methyl/N-ethyl adjacent to an activating group) is 1. The molecule has 2 aliphatic heterocycles. The molecule has 2 rings (SSSR count). The van der Waals surface area contributed by atoms with Crippen molar-refractivity contribution >= 4 is 12.0 Å². The van der Waals surface area contributed by atoms with E-state index in [1.165, 1.54) is 4.90 Å². The molecule has 0 aromatic carbocycles. The Hall–Kier alpha value is -1.30. The minimum absolute atomic E-state index is 0.0852. The predicted octanol–water partition coefficient (Wildman–Crippen LogP) is 0.726. The number of carbonyl (C=O) groups is 2. The second kappa shape index (κ2) is 5.36. The molecule has 1 N–H and O–H groups in total. The van der Waals surface area contributed by atoms with Gasteiger partial charge in [0.05, 0.1) is 19.3 Å². The molecule has 0 bridgehead atoms. The Bertz CT molecular complexity index is 364. The van der Waals surface area contributed by atoms with Gasteiger partial charge in [-0.15, -0.1) is 0 Å². The van der Waals surface area contributed by atoms with E-state index in [2.05, 4.69) is 13.8 Å². The third kappa shape index (κ3) is 2.68. The average Bonchev–Trinajstić information content (AvgIpc) is 2.95. The Morgan fingerprint density at radius 3 is 2.32 bits per heavy atom. The molecule has 19 heavy (non-hydrogen) atoms. The molecule has 2 heterocycles. The molecule has 0 aromatic heterocycles. The summed E-state index contributed by atoms with van der Waals surface area (Å²) in [7, 11) is 1.67. The Kier molecular flexibility index (Phi) is 3.99. The lowest BCUT2D eigenvalue weighted by molar-refractivity contribution is -0.142. The predicted molar refractivity (Wildman–Crippen MR) is 68.8 cm³/mol. The second-order valence-electron chi connectivity index (χ2n) is 5.80. The van der Waals surface area contributed by atoms with Crippen molar-refractivity contribution < 1.29 is 19.4 Å². The van der Waals surface area contributed by atoms with E-state index in [-0.39, 0.29) is 18.7 Å². The van der Waals surface area contributed by atoms with Gasteiger partial charge in [-0.3, -0.25) is 4.79 Å². The molecule has 0 aromatic rings. The van der Waals surface area contributed by atoms with Gasteiger partial charge in [-0.25, -0.2) is 4.79 Å². The van der Waals surface area contributed by atoms with Gasteiger partial charge >= 0.3 is 12.0 Å². The maximum Gasteiger partial charge on any atom is 0.320 e. The molecule has 2 amide bonds. The number of amides is 2. The van der Waals surface area contributed by atoms with Gasteiger partial charge in [0.25, 0.3) is 0 Å². The lowest BCUT2D eigenvalue weighted by atomic mass is 10.0. The summed E-state index contributed by atoms with van der Waals surface area (Å²) in [4.78, 5) is 26.9. The Labute approximate surface area is 113 Å². The molecule has 4 unspecified atom stereocenters. The van der Waals surface area contributed by atoms with Crippen molar-refractivity contribution in [3.63, 3.8) is 0 Å². The van der Waals surface area contributed by atoms with Crippen LogP contribution in [0, 0.1) is 17.8 Å². The molecule has 0 radical (unpaired) electrons. The van der Waals surface area contributed by atoms with Gasteiger partial charge in [-0.1, -0.05) is 13.8 Å². The standard InChI is InChI=1S/C13H22N2O4/c1-8-4-15(5-9(8)2)13(18)14(3)11-7-19-6-10(11)12(16)17/h8-11H,4-7H2,1-3H3,(H,16,17). The summed E-state index contributed by atoms with van der Waals surface area (Å²) < 4.78 is 5.21. The van der Waals surface area contributed by atoms with E-state index >= 15 is 0 Å². The fourth-order valence-corrected chi connectivity index (χ4v) is 2.81.